The molecule has 0 bridgehead atoms. The predicted octanol–water partition coefficient (Wildman–Crippen LogP) is 14.6. The van der Waals surface area contributed by atoms with Gasteiger partial charge in [-0.25, -0.2) is 19.9 Å². The predicted molar refractivity (Wildman–Crippen MR) is 251 cm³/mol. The third-order valence-corrected chi connectivity index (χ3v) is 12.3. The van der Waals surface area contributed by atoms with Gasteiger partial charge in [0.1, 0.15) is 0 Å². The SMILES string of the molecule is Cc1ccc(-c2ccc3ccc4ccc(-c5cccc6c(-c7ccc8ccc9ccc(-c%10ccc(C)c%11ccccc%10%11)nc9c8n7)cccc56)nc4c3n2)c2ccccc12. The van der Waals surface area contributed by atoms with Gasteiger partial charge < -0.3 is 0 Å². The van der Waals surface area contributed by atoms with Crippen LogP contribution in [-0.2, 0) is 0 Å². The van der Waals surface area contributed by atoms with E-state index in [1.54, 1.807) is 0 Å². The molecule has 0 aliphatic rings. The zero-order valence-corrected chi connectivity index (χ0v) is 33.1. The molecule has 0 radical (unpaired) electrons. The van der Waals surface area contributed by atoms with E-state index in [0.29, 0.717) is 0 Å². The molecular formula is C56H36N4. The van der Waals surface area contributed by atoms with E-state index in [-0.39, 0.29) is 0 Å². The van der Waals surface area contributed by atoms with E-state index in [1.807, 2.05) is 0 Å². The van der Waals surface area contributed by atoms with Crippen molar-refractivity contribution in [2.75, 3.05) is 0 Å². The molecule has 0 N–H and O–H groups in total. The highest BCUT2D eigenvalue weighted by Crippen LogP contribution is 2.38. The molecule has 60 heavy (non-hydrogen) atoms. The minimum absolute atomic E-state index is 0.894. The number of hydrogen-bond donors (Lipinski definition) is 0. The van der Waals surface area contributed by atoms with E-state index in [9.17, 15) is 0 Å². The van der Waals surface area contributed by atoms with Crippen LogP contribution in [0.25, 0.3) is 121 Å². The van der Waals surface area contributed by atoms with Crippen LogP contribution in [0.3, 0.4) is 0 Å². The Balaban J connectivity index is 0.988. The second-order valence-corrected chi connectivity index (χ2v) is 15.9. The molecule has 8 aromatic carbocycles. The monoisotopic (exact) mass is 764 g/mol. The molecule has 12 aromatic rings. The second kappa shape index (κ2) is 13.4. The molecule has 12 rings (SSSR count). The summed E-state index contributed by atoms with van der Waals surface area (Å²) in [5.74, 6) is 0. The smallest absolute Gasteiger partial charge is 0.0972 e. The van der Waals surface area contributed by atoms with Crippen LogP contribution in [0, 0.1) is 13.8 Å². The largest absolute Gasteiger partial charge is 0.245 e. The van der Waals surface area contributed by atoms with Gasteiger partial charge in [-0.3, -0.25) is 0 Å². The number of fused-ring (bicyclic) bond motifs is 9. The van der Waals surface area contributed by atoms with Gasteiger partial charge in [-0.05, 0) is 81.6 Å². The molecule has 4 heterocycles. The Hall–Kier alpha value is -7.82. The summed E-state index contributed by atoms with van der Waals surface area (Å²) in [6, 6.07) is 64.7. The standard InChI is InChI=1S/C56H36N4/c1-33-17-27-47(41-11-5-3-9-39(33)41)51-31-25-37-21-19-35-23-29-49(57-53(35)55(37)59-51)45-15-7-14-44-43(45)13-8-16-46(44)50-30-24-36-20-22-38-26-32-52(60-56(38)54(36)58-50)48-28-18-34(2)40-10-4-6-12-42(40)48/h3-32H,1-2H3. The number of nitrogens with zero attached hydrogens (tertiary/aromatic N) is 4. The highest BCUT2D eigenvalue weighted by molar-refractivity contribution is 6.10. The van der Waals surface area contributed by atoms with Gasteiger partial charge in [0, 0.05) is 43.8 Å². The maximum Gasteiger partial charge on any atom is 0.0972 e. The van der Waals surface area contributed by atoms with Gasteiger partial charge in [0.25, 0.3) is 0 Å². The van der Waals surface area contributed by atoms with Crippen LogP contribution in [0.1, 0.15) is 11.1 Å². The quantitative estimate of drug-likeness (QED) is 0.168. The summed E-state index contributed by atoms with van der Waals surface area (Å²) in [5, 5.41) is 11.4. The van der Waals surface area contributed by atoms with E-state index in [4.69, 9.17) is 19.9 Å². The van der Waals surface area contributed by atoms with Crippen molar-refractivity contribution in [2.24, 2.45) is 0 Å². The number of aromatic nitrogens is 4. The molecule has 0 unspecified atom stereocenters. The van der Waals surface area contributed by atoms with Crippen molar-refractivity contribution in [1.29, 1.82) is 0 Å². The summed E-state index contributed by atoms with van der Waals surface area (Å²) >= 11 is 0. The molecule has 0 fully saturated rings. The lowest BCUT2D eigenvalue weighted by atomic mass is 9.95. The molecule has 0 amide bonds. The van der Waals surface area contributed by atoms with Crippen LogP contribution < -0.4 is 0 Å². The van der Waals surface area contributed by atoms with Crippen LogP contribution in [0.2, 0.25) is 0 Å². The first-order valence-corrected chi connectivity index (χ1v) is 20.5. The van der Waals surface area contributed by atoms with Gasteiger partial charge in [0.05, 0.1) is 44.8 Å². The van der Waals surface area contributed by atoms with E-state index in [0.717, 1.165) is 99.4 Å². The van der Waals surface area contributed by atoms with Crippen LogP contribution in [0.4, 0.5) is 0 Å². The first-order chi connectivity index (χ1) is 29.6. The van der Waals surface area contributed by atoms with Gasteiger partial charge >= 0.3 is 0 Å². The third-order valence-electron chi connectivity index (χ3n) is 12.3. The lowest BCUT2D eigenvalue weighted by Gasteiger charge is -2.13. The van der Waals surface area contributed by atoms with Crippen molar-refractivity contribution in [1.82, 2.24) is 19.9 Å². The molecule has 280 valence electrons. The maximum atomic E-state index is 5.38. The fraction of sp³-hybridized carbons (Fsp3) is 0.0357. The summed E-state index contributed by atoms with van der Waals surface area (Å²) in [6.45, 7) is 4.33. The number of pyridine rings is 4. The molecule has 0 atom stereocenters. The van der Waals surface area contributed by atoms with Crippen LogP contribution in [-0.4, -0.2) is 19.9 Å². The first-order valence-electron chi connectivity index (χ1n) is 20.5. The van der Waals surface area contributed by atoms with Gasteiger partial charge in [0.15, 0.2) is 0 Å². The highest BCUT2D eigenvalue weighted by Gasteiger charge is 2.16. The second-order valence-electron chi connectivity index (χ2n) is 15.9. The average molecular weight is 765 g/mol. The van der Waals surface area contributed by atoms with Crippen molar-refractivity contribution < 1.29 is 0 Å². The Bertz CT molecular complexity index is 3510. The zero-order chi connectivity index (χ0) is 39.9. The van der Waals surface area contributed by atoms with Crippen molar-refractivity contribution in [3.8, 4) is 45.0 Å². The van der Waals surface area contributed by atoms with Crippen LogP contribution in [0.5, 0.6) is 0 Å². The van der Waals surface area contributed by atoms with Crippen molar-refractivity contribution in [2.45, 2.75) is 13.8 Å². The molecule has 4 heteroatoms. The summed E-state index contributed by atoms with van der Waals surface area (Å²) < 4.78 is 0. The van der Waals surface area contributed by atoms with E-state index >= 15 is 0 Å². The first kappa shape index (κ1) is 34.2. The molecule has 0 saturated heterocycles. The molecular weight excluding hydrogens is 729 g/mol. The molecule has 0 aliphatic heterocycles. The zero-order valence-electron chi connectivity index (χ0n) is 33.1. The Labute approximate surface area is 346 Å². The number of rotatable bonds is 4. The summed E-state index contributed by atoms with van der Waals surface area (Å²) in [7, 11) is 0. The molecule has 0 spiro atoms. The lowest BCUT2D eigenvalue weighted by Crippen LogP contribution is -1.93. The summed E-state index contributed by atoms with van der Waals surface area (Å²) in [6.07, 6.45) is 0. The minimum Gasteiger partial charge on any atom is -0.245 e. The minimum atomic E-state index is 0.894. The molecule has 0 aliphatic carbocycles. The van der Waals surface area contributed by atoms with Gasteiger partial charge in [0.2, 0.25) is 0 Å². The highest BCUT2D eigenvalue weighted by atomic mass is 14.8. The van der Waals surface area contributed by atoms with Crippen molar-refractivity contribution >= 4 is 75.9 Å². The van der Waals surface area contributed by atoms with E-state index in [2.05, 4.69) is 196 Å². The summed E-state index contributed by atoms with van der Waals surface area (Å²) in [4.78, 5) is 21.4. The van der Waals surface area contributed by atoms with Crippen molar-refractivity contribution in [3.05, 3.63) is 193 Å². The topological polar surface area (TPSA) is 51.6 Å². The molecule has 4 nitrogen and oxygen atoms in total. The van der Waals surface area contributed by atoms with Gasteiger partial charge in [-0.1, -0.05) is 158 Å². The number of hydrogen-bond acceptors (Lipinski definition) is 4. The van der Waals surface area contributed by atoms with Crippen molar-refractivity contribution in [3.63, 3.8) is 0 Å². The number of aryl methyl sites for hydroxylation is 2. The Morgan fingerprint density at radius 1 is 0.233 bits per heavy atom. The van der Waals surface area contributed by atoms with E-state index < -0.39 is 0 Å². The van der Waals surface area contributed by atoms with Gasteiger partial charge in [-0.2, -0.15) is 0 Å². The maximum absolute atomic E-state index is 5.38. The van der Waals surface area contributed by atoms with Gasteiger partial charge in [-0.15, -0.1) is 0 Å². The Kier molecular flexibility index (Phi) is 7.63. The van der Waals surface area contributed by atoms with Crippen LogP contribution >= 0.6 is 0 Å². The normalized spacial score (nSPS) is 11.8. The van der Waals surface area contributed by atoms with E-state index in [1.165, 1.54) is 32.7 Å². The van der Waals surface area contributed by atoms with Crippen LogP contribution in [0.15, 0.2) is 182 Å². The fourth-order valence-corrected chi connectivity index (χ4v) is 9.24. The summed E-state index contributed by atoms with van der Waals surface area (Å²) in [5.41, 5.74) is 14.2. The Morgan fingerprint density at radius 2 is 0.500 bits per heavy atom. The lowest BCUT2D eigenvalue weighted by molar-refractivity contribution is 1.37. The molecule has 0 saturated carbocycles. The molecule has 4 aromatic heterocycles. The fourth-order valence-electron chi connectivity index (χ4n) is 9.24. The third kappa shape index (κ3) is 5.38. The average Bonchev–Trinajstić information content (AvgIpc) is 3.31. The number of benzene rings is 8. The Morgan fingerprint density at radius 3 is 0.850 bits per heavy atom.